The van der Waals surface area contributed by atoms with Crippen LogP contribution < -0.4 is 0 Å². The first-order valence-corrected chi connectivity index (χ1v) is 8.81. The number of carbonyl (C=O) groups is 1. The maximum Gasteiger partial charge on any atom is 0.233 e. The Morgan fingerprint density at radius 2 is 1.92 bits per heavy atom. The summed E-state index contributed by atoms with van der Waals surface area (Å²) in [5.41, 5.74) is 0.849. The fourth-order valence-electron chi connectivity index (χ4n) is 3.92. The molecule has 1 aromatic heterocycles. The van der Waals surface area contributed by atoms with Gasteiger partial charge in [-0.3, -0.25) is 4.79 Å². The average molecular weight is 324 g/mol. The molecular weight excluding hydrogens is 300 g/mol. The van der Waals surface area contributed by atoms with Crippen LogP contribution in [-0.2, 0) is 16.8 Å². The van der Waals surface area contributed by atoms with Crippen LogP contribution >= 0.6 is 0 Å². The predicted molar refractivity (Wildman–Crippen MR) is 91.6 cm³/mol. The molecule has 1 aliphatic heterocycles. The van der Waals surface area contributed by atoms with Gasteiger partial charge in [0.2, 0.25) is 5.91 Å². The average Bonchev–Trinajstić information content (AvgIpc) is 3.27. The molecule has 2 aromatic rings. The molecule has 126 valence electrons. The minimum atomic E-state index is -0.302. The summed E-state index contributed by atoms with van der Waals surface area (Å²) >= 11 is 0. The maximum absolute atomic E-state index is 13.2. The van der Waals surface area contributed by atoms with Crippen molar-refractivity contribution in [1.82, 2.24) is 19.7 Å². The van der Waals surface area contributed by atoms with Gasteiger partial charge in [-0.05, 0) is 25.3 Å². The molecule has 0 spiro atoms. The van der Waals surface area contributed by atoms with Gasteiger partial charge in [-0.2, -0.15) is 0 Å². The van der Waals surface area contributed by atoms with Crippen molar-refractivity contribution >= 4 is 5.91 Å². The van der Waals surface area contributed by atoms with Gasteiger partial charge in [-0.1, -0.05) is 44.2 Å². The Morgan fingerprint density at radius 3 is 2.54 bits per heavy atom. The highest BCUT2D eigenvalue weighted by molar-refractivity contribution is 5.91. The fourth-order valence-corrected chi connectivity index (χ4v) is 3.92. The van der Waals surface area contributed by atoms with E-state index in [0.29, 0.717) is 12.5 Å². The van der Waals surface area contributed by atoms with Gasteiger partial charge in [0.1, 0.15) is 5.82 Å². The number of fused-ring (bicyclic) bond motifs is 1. The summed E-state index contributed by atoms with van der Waals surface area (Å²) in [5, 5.41) is 8.71. The second kappa shape index (κ2) is 5.43. The zero-order chi connectivity index (χ0) is 16.9. The molecule has 1 amide bonds. The number of hydrogen-bond acceptors (Lipinski definition) is 3. The number of aromatic nitrogens is 3. The first kappa shape index (κ1) is 15.4. The first-order valence-electron chi connectivity index (χ1n) is 8.81. The summed E-state index contributed by atoms with van der Waals surface area (Å²) in [5.74, 6) is 2.53. The van der Waals surface area contributed by atoms with Crippen molar-refractivity contribution in [3.8, 4) is 0 Å². The largest absolute Gasteiger partial charge is 0.332 e. The summed E-state index contributed by atoms with van der Waals surface area (Å²) in [4.78, 5) is 15.2. The zero-order valence-electron chi connectivity index (χ0n) is 14.6. The Bertz CT molecular complexity index is 761. The molecule has 0 bridgehead atoms. The van der Waals surface area contributed by atoms with E-state index in [9.17, 15) is 4.79 Å². The molecule has 1 atom stereocenters. The molecule has 5 heteroatoms. The second-order valence-electron chi connectivity index (χ2n) is 7.48. The lowest BCUT2D eigenvalue weighted by atomic mass is 9.94. The molecule has 0 saturated heterocycles. The number of nitrogens with zero attached hydrogens (tertiary/aromatic N) is 4. The molecule has 24 heavy (non-hydrogen) atoms. The highest BCUT2D eigenvalue weighted by Crippen LogP contribution is 2.50. The number of carbonyl (C=O) groups excluding carboxylic acids is 1. The van der Waals surface area contributed by atoms with E-state index in [-0.39, 0.29) is 17.4 Å². The van der Waals surface area contributed by atoms with Crippen LogP contribution in [0.4, 0.5) is 0 Å². The summed E-state index contributed by atoms with van der Waals surface area (Å²) < 4.78 is 2.22. The SMILES string of the molecule is CC(C)c1nnc2n1[C@@H](C)CN(C(=O)C1(c3ccccc3)CC1)C2. The van der Waals surface area contributed by atoms with Crippen molar-refractivity contribution in [3.63, 3.8) is 0 Å². The Labute approximate surface area is 142 Å². The molecule has 2 aliphatic rings. The van der Waals surface area contributed by atoms with Crippen LogP contribution in [0, 0.1) is 0 Å². The van der Waals surface area contributed by atoms with E-state index in [0.717, 1.165) is 36.6 Å². The number of hydrogen-bond donors (Lipinski definition) is 0. The monoisotopic (exact) mass is 324 g/mol. The molecule has 0 N–H and O–H groups in total. The molecule has 0 unspecified atom stereocenters. The van der Waals surface area contributed by atoms with E-state index in [4.69, 9.17) is 0 Å². The van der Waals surface area contributed by atoms with Gasteiger partial charge in [0, 0.05) is 12.5 Å². The van der Waals surface area contributed by atoms with Crippen LogP contribution in [0.15, 0.2) is 30.3 Å². The van der Waals surface area contributed by atoms with E-state index in [2.05, 4.69) is 47.7 Å². The minimum absolute atomic E-state index is 0.219. The van der Waals surface area contributed by atoms with E-state index in [1.807, 2.05) is 23.1 Å². The molecule has 4 rings (SSSR count). The number of benzene rings is 1. The van der Waals surface area contributed by atoms with Gasteiger partial charge in [-0.25, -0.2) is 0 Å². The molecule has 2 heterocycles. The Balaban J connectivity index is 1.61. The smallest absolute Gasteiger partial charge is 0.233 e. The highest BCUT2D eigenvalue weighted by atomic mass is 16.2. The van der Waals surface area contributed by atoms with E-state index in [1.165, 1.54) is 0 Å². The van der Waals surface area contributed by atoms with Gasteiger partial charge in [0.25, 0.3) is 0 Å². The standard InChI is InChI=1S/C19H24N4O/c1-13(2)17-21-20-16-12-22(11-14(3)23(16)17)18(24)19(9-10-19)15-7-5-4-6-8-15/h4-8,13-14H,9-12H2,1-3H3/t14-/m0/s1. The van der Waals surface area contributed by atoms with Gasteiger partial charge in [0.15, 0.2) is 5.82 Å². The van der Waals surface area contributed by atoms with Gasteiger partial charge >= 0.3 is 0 Å². The van der Waals surface area contributed by atoms with Gasteiger partial charge < -0.3 is 9.47 Å². The Kier molecular flexibility index (Phi) is 3.48. The van der Waals surface area contributed by atoms with Crippen LogP contribution in [0.3, 0.4) is 0 Å². The van der Waals surface area contributed by atoms with Crippen LogP contribution in [-0.4, -0.2) is 32.1 Å². The van der Waals surface area contributed by atoms with Crippen molar-refractivity contribution < 1.29 is 4.79 Å². The third kappa shape index (κ3) is 2.26. The summed E-state index contributed by atoms with van der Waals surface area (Å²) in [6.07, 6.45) is 1.90. The molecule has 1 saturated carbocycles. The quantitative estimate of drug-likeness (QED) is 0.872. The zero-order valence-corrected chi connectivity index (χ0v) is 14.6. The molecule has 1 fully saturated rings. The second-order valence-corrected chi connectivity index (χ2v) is 7.48. The van der Waals surface area contributed by atoms with Crippen molar-refractivity contribution in [2.45, 2.75) is 57.5 Å². The maximum atomic E-state index is 13.2. The minimum Gasteiger partial charge on any atom is -0.332 e. The molecule has 5 nitrogen and oxygen atoms in total. The van der Waals surface area contributed by atoms with Crippen LogP contribution in [0.25, 0.3) is 0 Å². The van der Waals surface area contributed by atoms with Gasteiger partial charge in [-0.15, -0.1) is 10.2 Å². The molecule has 1 aliphatic carbocycles. The third-order valence-corrected chi connectivity index (χ3v) is 5.34. The van der Waals surface area contributed by atoms with Crippen LogP contribution in [0.5, 0.6) is 0 Å². The van der Waals surface area contributed by atoms with Crippen molar-refractivity contribution in [3.05, 3.63) is 47.5 Å². The number of amides is 1. The topological polar surface area (TPSA) is 51.0 Å². The van der Waals surface area contributed by atoms with E-state index < -0.39 is 0 Å². The van der Waals surface area contributed by atoms with Crippen LogP contribution in [0.1, 0.15) is 62.8 Å². The van der Waals surface area contributed by atoms with Crippen molar-refractivity contribution in [2.24, 2.45) is 0 Å². The van der Waals surface area contributed by atoms with Crippen LogP contribution in [0.2, 0.25) is 0 Å². The first-order chi connectivity index (χ1) is 11.5. The van der Waals surface area contributed by atoms with Crippen molar-refractivity contribution in [2.75, 3.05) is 6.54 Å². The molecule has 1 aromatic carbocycles. The Morgan fingerprint density at radius 1 is 1.21 bits per heavy atom. The third-order valence-electron chi connectivity index (χ3n) is 5.34. The molecule has 0 radical (unpaired) electrons. The summed E-state index contributed by atoms with van der Waals surface area (Å²) in [7, 11) is 0. The summed E-state index contributed by atoms with van der Waals surface area (Å²) in [6.45, 7) is 7.72. The lowest BCUT2D eigenvalue weighted by Crippen LogP contribution is -2.45. The summed E-state index contributed by atoms with van der Waals surface area (Å²) in [6, 6.07) is 10.4. The van der Waals surface area contributed by atoms with Gasteiger partial charge in [0.05, 0.1) is 18.0 Å². The fraction of sp³-hybridized carbons (Fsp3) is 0.526. The highest BCUT2D eigenvalue weighted by Gasteiger charge is 2.53. The molecular formula is C19H24N4O. The van der Waals surface area contributed by atoms with E-state index in [1.54, 1.807) is 0 Å². The van der Waals surface area contributed by atoms with E-state index >= 15 is 0 Å². The normalized spacial score (nSPS) is 21.7. The predicted octanol–water partition coefficient (Wildman–Crippen LogP) is 3.04. The Hall–Kier alpha value is -2.17. The lowest BCUT2D eigenvalue weighted by molar-refractivity contribution is -0.136. The lowest BCUT2D eigenvalue weighted by Gasteiger charge is -2.35. The number of rotatable bonds is 3. The van der Waals surface area contributed by atoms with Crippen molar-refractivity contribution in [1.29, 1.82) is 0 Å².